The Balaban J connectivity index is 2.72. The highest BCUT2D eigenvalue weighted by molar-refractivity contribution is 5.82. The van der Waals surface area contributed by atoms with Crippen LogP contribution in [0.15, 0.2) is 23.4 Å². The Morgan fingerprint density at radius 3 is 2.72 bits per heavy atom. The number of rotatable bonds is 5. The highest BCUT2D eigenvalue weighted by Gasteiger charge is 2.08. The fourth-order valence-corrected chi connectivity index (χ4v) is 1.68. The molecular weight excluding hydrogens is 228 g/mol. The van der Waals surface area contributed by atoms with Crippen LogP contribution in [0.5, 0.6) is 0 Å². The second kappa shape index (κ2) is 6.14. The van der Waals surface area contributed by atoms with E-state index < -0.39 is 0 Å². The highest BCUT2D eigenvalue weighted by Crippen LogP contribution is 2.22. The molecule has 0 bridgehead atoms. The van der Waals surface area contributed by atoms with Crippen molar-refractivity contribution in [2.24, 2.45) is 16.8 Å². The first-order chi connectivity index (χ1) is 8.45. The first-order valence-electron chi connectivity index (χ1n) is 5.95. The number of benzene rings is 1. The summed E-state index contributed by atoms with van der Waals surface area (Å²) < 4.78 is 0. The van der Waals surface area contributed by atoms with E-state index in [1.807, 2.05) is 27.1 Å². The standard InChI is InChI=1S/C13H22N4O/c1-9-5-6-11(7-12(9)17(3)4)15-8-10(2)13(14)16-18/h5-7,10,15,18H,8H2,1-4H3,(H2,14,16). The summed E-state index contributed by atoms with van der Waals surface area (Å²) in [4.78, 5) is 2.08. The van der Waals surface area contributed by atoms with E-state index in [2.05, 4.69) is 34.4 Å². The summed E-state index contributed by atoms with van der Waals surface area (Å²) >= 11 is 0. The van der Waals surface area contributed by atoms with E-state index >= 15 is 0 Å². The predicted molar refractivity (Wildman–Crippen MR) is 76.6 cm³/mol. The molecule has 18 heavy (non-hydrogen) atoms. The first kappa shape index (κ1) is 14.2. The number of nitrogens with one attached hydrogen (secondary N) is 1. The molecule has 0 aromatic heterocycles. The maximum atomic E-state index is 8.58. The molecule has 1 aromatic carbocycles. The Labute approximate surface area is 108 Å². The molecule has 1 atom stereocenters. The number of hydrogen-bond donors (Lipinski definition) is 3. The van der Waals surface area contributed by atoms with Gasteiger partial charge in [-0.1, -0.05) is 18.1 Å². The zero-order valence-electron chi connectivity index (χ0n) is 11.4. The van der Waals surface area contributed by atoms with Crippen LogP contribution in [0.25, 0.3) is 0 Å². The normalized spacial score (nSPS) is 13.2. The lowest BCUT2D eigenvalue weighted by molar-refractivity contribution is 0.315. The van der Waals surface area contributed by atoms with Crippen molar-refractivity contribution in [1.82, 2.24) is 0 Å². The SMILES string of the molecule is Cc1ccc(NCC(C)/C(N)=N/O)cc1N(C)C. The average Bonchev–Trinajstić information content (AvgIpc) is 2.36. The number of anilines is 2. The van der Waals surface area contributed by atoms with Gasteiger partial charge in [0.1, 0.15) is 5.84 Å². The third kappa shape index (κ3) is 3.55. The van der Waals surface area contributed by atoms with Gasteiger partial charge < -0.3 is 21.2 Å². The van der Waals surface area contributed by atoms with Crippen LogP contribution < -0.4 is 16.0 Å². The van der Waals surface area contributed by atoms with Gasteiger partial charge in [-0.05, 0) is 24.6 Å². The fraction of sp³-hybridized carbons (Fsp3) is 0.462. The number of oxime groups is 1. The number of nitrogens with two attached hydrogens (primary N) is 1. The van der Waals surface area contributed by atoms with E-state index in [1.54, 1.807) is 0 Å². The lowest BCUT2D eigenvalue weighted by Gasteiger charge is -2.18. The Morgan fingerprint density at radius 2 is 2.17 bits per heavy atom. The summed E-state index contributed by atoms with van der Waals surface area (Å²) in [6, 6.07) is 6.20. The topological polar surface area (TPSA) is 73.9 Å². The van der Waals surface area contributed by atoms with Crippen molar-refractivity contribution in [3.05, 3.63) is 23.8 Å². The van der Waals surface area contributed by atoms with Crippen molar-refractivity contribution in [2.75, 3.05) is 30.9 Å². The average molecular weight is 250 g/mol. The summed E-state index contributed by atoms with van der Waals surface area (Å²) in [6.45, 7) is 4.62. The van der Waals surface area contributed by atoms with Gasteiger partial charge in [0.05, 0.1) is 0 Å². The molecule has 5 heteroatoms. The molecule has 0 aliphatic rings. The Kier molecular flexibility index (Phi) is 4.83. The minimum atomic E-state index is -0.0147. The fourth-order valence-electron chi connectivity index (χ4n) is 1.68. The van der Waals surface area contributed by atoms with Gasteiger partial charge in [-0.2, -0.15) is 0 Å². The van der Waals surface area contributed by atoms with Crippen LogP contribution in [-0.2, 0) is 0 Å². The number of amidine groups is 1. The van der Waals surface area contributed by atoms with Gasteiger partial charge in [0.15, 0.2) is 0 Å². The minimum absolute atomic E-state index is 0.0147. The maximum absolute atomic E-state index is 8.58. The van der Waals surface area contributed by atoms with E-state index in [-0.39, 0.29) is 11.8 Å². The zero-order valence-corrected chi connectivity index (χ0v) is 11.4. The molecule has 0 saturated heterocycles. The van der Waals surface area contributed by atoms with E-state index in [0.29, 0.717) is 6.54 Å². The van der Waals surface area contributed by atoms with Crippen molar-refractivity contribution in [1.29, 1.82) is 0 Å². The maximum Gasteiger partial charge on any atom is 0.143 e. The molecule has 0 saturated carbocycles. The summed E-state index contributed by atoms with van der Waals surface area (Å²) in [5.41, 5.74) is 8.97. The number of hydrogen-bond acceptors (Lipinski definition) is 4. The van der Waals surface area contributed by atoms with Crippen LogP contribution >= 0.6 is 0 Å². The zero-order chi connectivity index (χ0) is 13.7. The quantitative estimate of drug-likeness (QED) is 0.323. The summed E-state index contributed by atoms with van der Waals surface area (Å²) in [7, 11) is 4.04. The monoisotopic (exact) mass is 250 g/mol. The molecule has 1 aromatic rings. The van der Waals surface area contributed by atoms with Crippen LogP contribution in [0, 0.1) is 12.8 Å². The lowest BCUT2D eigenvalue weighted by Crippen LogP contribution is -2.27. The number of nitrogens with zero attached hydrogens (tertiary/aromatic N) is 2. The van der Waals surface area contributed by atoms with Gasteiger partial charge in [0.2, 0.25) is 0 Å². The molecule has 4 N–H and O–H groups in total. The largest absolute Gasteiger partial charge is 0.409 e. The van der Waals surface area contributed by atoms with Gasteiger partial charge in [-0.25, -0.2) is 0 Å². The van der Waals surface area contributed by atoms with Crippen molar-refractivity contribution >= 4 is 17.2 Å². The minimum Gasteiger partial charge on any atom is -0.409 e. The van der Waals surface area contributed by atoms with E-state index in [1.165, 1.54) is 11.3 Å². The lowest BCUT2D eigenvalue weighted by atomic mass is 10.1. The number of aryl methyl sites for hydroxylation is 1. The molecule has 0 radical (unpaired) electrons. The van der Waals surface area contributed by atoms with E-state index in [0.717, 1.165) is 5.69 Å². The third-order valence-corrected chi connectivity index (χ3v) is 2.92. The van der Waals surface area contributed by atoms with E-state index in [9.17, 15) is 0 Å². The molecule has 0 heterocycles. The van der Waals surface area contributed by atoms with Gasteiger partial charge in [0.25, 0.3) is 0 Å². The van der Waals surface area contributed by atoms with Crippen molar-refractivity contribution < 1.29 is 5.21 Å². The Morgan fingerprint density at radius 1 is 1.50 bits per heavy atom. The van der Waals surface area contributed by atoms with Crippen molar-refractivity contribution in [2.45, 2.75) is 13.8 Å². The van der Waals surface area contributed by atoms with Crippen molar-refractivity contribution in [3.63, 3.8) is 0 Å². The van der Waals surface area contributed by atoms with Crippen molar-refractivity contribution in [3.8, 4) is 0 Å². The molecule has 5 nitrogen and oxygen atoms in total. The van der Waals surface area contributed by atoms with Crippen LogP contribution in [0.4, 0.5) is 11.4 Å². The summed E-state index contributed by atoms with van der Waals surface area (Å²) in [5, 5.41) is 14.9. The van der Waals surface area contributed by atoms with Gasteiger partial charge in [-0.3, -0.25) is 0 Å². The highest BCUT2D eigenvalue weighted by atomic mass is 16.4. The molecule has 0 spiro atoms. The van der Waals surface area contributed by atoms with Crippen LogP contribution in [-0.4, -0.2) is 31.7 Å². The van der Waals surface area contributed by atoms with Crippen LogP contribution in [0.3, 0.4) is 0 Å². The molecular formula is C13H22N4O. The predicted octanol–water partition coefficient (Wildman–Crippen LogP) is 1.86. The van der Waals surface area contributed by atoms with E-state index in [4.69, 9.17) is 10.9 Å². The second-order valence-electron chi connectivity index (χ2n) is 4.70. The molecule has 100 valence electrons. The molecule has 0 fully saturated rings. The first-order valence-corrected chi connectivity index (χ1v) is 5.95. The summed E-state index contributed by atoms with van der Waals surface area (Å²) in [5.74, 6) is 0.224. The third-order valence-electron chi connectivity index (χ3n) is 2.92. The Hall–Kier alpha value is -1.91. The van der Waals surface area contributed by atoms with Gasteiger partial charge in [-0.15, -0.1) is 0 Å². The molecule has 1 unspecified atom stereocenters. The van der Waals surface area contributed by atoms with Crippen LogP contribution in [0.1, 0.15) is 12.5 Å². The van der Waals surface area contributed by atoms with Gasteiger partial charge >= 0.3 is 0 Å². The van der Waals surface area contributed by atoms with Gasteiger partial charge in [0, 0.05) is 37.9 Å². The molecule has 0 aliphatic carbocycles. The molecule has 0 aliphatic heterocycles. The molecule has 1 rings (SSSR count). The van der Waals surface area contributed by atoms with Crippen LogP contribution in [0.2, 0.25) is 0 Å². The second-order valence-corrected chi connectivity index (χ2v) is 4.70. The smallest absolute Gasteiger partial charge is 0.143 e. The molecule has 0 amide bonds. The Bertz CT molecular complexity index is 429. The summed E-state index contributed by atoms with van der Waals surface area (Å²) in [6.07, 6.45) is 0.